The summed E-state index contributed by atoms with van der Waals surface area (Å²) >= 11 is 0. The second-order valence-corrected chi connectivity index (χ2v) is 9.67. The molecule has 198 valence electrons. The number of nitrogens with one attached hydrogen (secondary N) is 1. The first-order valence-electron chi connectivity index (χ1n) is 11.9. The molecule has 0 bridgehead atoms. The standard InChI is InChI=1S/C26H26F5N3O3/c1-16-7-8-18(27)19(20(16)28)22(35)33-12-9-25(10-13-33)11-14-34(15-25)23(36)21(17-5-3-2-4-6-17)32-24(37)26(29,30)31/h2-8,21H,9-15H2,1H3,(H,32,37)/t21-/m0/s1. The summed E-state index contributed by atoms with van der Waals surface area (Å²) in [5, 5.41) is 1.82. The lowest BCUT2D eigenvalue weighted by atomic mass is 9.77. The summed E-state index contributed by atoms with van der Waals surface area (Å²) in [6, 6.07) is 8.53. The van der Waals surface area contributed by atoms with Crippen molar-refractivity contribution in [2.45, 2.75) is 38.4 Å². The maximum absolute atomic E-state index is 14.5. The molecule has 0 aromatic heterocycles. The maximum Gasteiger partial charge on any atom is 0.471 e. The minimum Gasteiger partial charge on any atom is -0.340 e. The largest absolute Gasteiger partial charge is 0.471 e. The number of nitrogens with zero attached hydrogens (tertiary/aromatic N) is 2. The quantitative estimate of drug-likeness (QED) is 0.613. The molecular formula is C26H26F5N3O3. The van der Waals surface area contributed by atoms with Crippen molar-refractivity contribution in [3.63, 3.8) is 0 Å². The number of carbonyl (C=O) groups excluding carboxylic acids is 3. The molecule has 2 aliphatic heterocycles. The molecule has 0 aliphatic carbocycles. The van der Waals surface area contributed by atoms with Crippen LogP contribution < -0.4 is 5.32 Å². The molecule has 0 radical (unpaired) electrons. The van der Waals surface area contributed by atoms with E-state index in [9.17, 15) is 36.3 Å². The average Bonchev–Trinajstić information content (AvgIpc) is 3.28. The van der Waals surface area contributed by atoms with Crippen molar-refractivity contribution in [1.29, 1.82) is 0 Å². The van der Waals surface area contributed by atoms with Gasteiger partial charge in [0.1, 0.15) is 23.2 Å². The topological polar surface area (TPSA) is 69.7 Å². The highest BCUT2D eigenvalue weighted by Gasteiger charge is 2.46. The molecule has 3 amide bonds. The maximum atomic E-state index is 14.5. The van der Waals surface area contributed by atoms with Crippen LogP contribution in [0.25, 0.3) is 0 Å². The lowest BCUT2D eigenvalue weighted by Gasteiger charge is -2.39. The van der Waals surface area contributed by atoms with E-state index in [4.69, 9.17) is 0 Å². The molecule has 1 N–H and O–H groups in total. The Kier molecular flexibility index (Phi) is 7.25. The molecule has 2 heterocycles. The van der Waals surface area contributed by atoms with E-state index >= 15 is 0 Å². The van der Waals surface area contributed by atoms with Crippen molar-refractivity contribution >= 4 is 17.7 Å². The third-order valence-electron chi connectivity index (χ3n) is 7.27. The van der Waals surface area contributed by atoms with Crippen LogP contribution in [0.5, 0.6) is 0 Å². The van der Waals surface area contributed by atoms with E-state index in [1.54, 1.807) is 18.2 Å². The number of likely N-dealkylation sites (tertiary alicyclic amines) is 2. The zero-order valence-corrected chi connectivity index (χ0v) is 20.1. The van der Waals surface area contributed by atoms with Gasteiger partial charge in [-0.15, -0.1) is 0 Å². The molecule has 2 aromatic carbocycles. The zero-order chi connectivity index (χ0) is 27.0. The van der Waals surface area contributed by atoms with Crippen molar-refractivity contribution < 1.29 is 36.3 Å². The van der Waals surface area contributed by atoms with Gasteiger partial charge in [0.25, 0.3) is 5.91 Å². The molecule has 2 aromatic rings. The van der Waals surface area contributed by atoms with Crippen LogP contribution in [0.2, 0.25) is 0 Å². The average molecular weight is 524 g/mol. The Morgan fingerprint density at radius 3 is 2.11 bits per heavy atom. The molecule has 11 heteroatoms. The van der Waals surface area contributed by atoms with E-state index in [2.05, 4.69) is 0 Å². The van der Waals surface area contributed by atoms with Gasteiger partial charge in [-0.1, -0.05) is 36.4 Å². The second kappa shape index (κ2) is 10.1. The molecule has 37 heavy (non-hydrogen) atoms. The number of hydrogen-bond donors (Lipinski definition) is 1. The first kappa shape index (κ1) is 26.6. The number of halogens is 5. The van der Waals surface area contributed by atoms with E-state index in [1.807, 2.05) is 5.32 Å². The van der Waals surface area contributed by atoms with Crippen LogP contribution in [0, 0.1) is 24.0 Å². The summed E-state index contributed by atoms with van der Waals surface area (Å²) < 4.78 is 67.5. The van der Waals surface area contributed by atoms with Crippen LogP contribution in [0.1, 0.15) is 46.8 Å². The minimum absolute atomic E-state index is 0.161. The van der Waals surface area contributed by atoms with Gasteiger partial charge in [0.05, 0.1) is 0 Å². The van der Waals surface area contributed by atoms with Gasteiger partial charge in [0, 0.05) is 26.2 Å². The molecule has 2 fully saturated rings. The Morgan fingerprint density at radius 2 is 1.51 bits per heavy atom. The smallest absolute Gasteiger partial charge is 0.340 e. The molecule has 2 aliphatic rings. The van der Waals surface area contributed by atoms with Gasteiger partial charge in [-0.2, -0.15) is 13.2 Å². The fourth-order valence-electron chi connectivity index (χ4n) is 5.05. The van der Waals surface area contributed by atoms with Crippen LogP contribution in [0.3, 0.4) is 0 Å². The zero-order valence-electron chi connectivity index (χ0n) is 20.1. The predicted molar refractivity (Wildman–Crippen MR) is 123 cm³/mol. The molecule has 0 unspecified atom stereocenters. The fraction of sp³-hybridized carbons (Fsp3) is 0.423. The number of aryl methyl sites for hydroxylation is 1. The van der Waals surface area contributed by atoms with Crippen molar-refractivity contribution in [3.8, 4) is 0 Å². The Bertz CT molecular complexity index is 1190. The summed E-state index contributed by atoms with van der Waals surface area (Å²) in [7, 11) is 0. The normalized spacial score (nSPS) is 18.1. The molecule has 0 saturated carbocycles. The highest BCUT2D eigenvalue weighted by molar-refractivity contribution is 5.95. The van der Waals surface area contributed by atoms with Crippen molar-refractivity contribution in [3.05, 3.63) is 70.8 Å². The summed E-state index contributed by atoms with van der Waals surface area (Å²) in [6.07, 6.45) is -3.66. The first-order valence-corrected chi connectivity index (χ1v) is 11.9. The van der Waals surface area contributed by atoms with Gasteiger partial charge >= 0.3 is 12.1 Å². The van der Waals surface area contributed by atoms with Gasteiger partial charge in [-0.05, 0) is 48.8 Å². The Labute approximate surface area is 210 Å². The number of carbonyl (C=O) groups is 3. The number of hydrogen-bond acceptors (Lipinski definition) is 3. The van der Waals surface area contributed by atoms with Crippen LogP contribution in [0.4, 0.5) is 22.0 Å². The predicted octanol–water partition coefficient (Wildman–Crippen LogP) is 4.15. The summed E-state index contributed by atoms with van der Waals surface area (Å²) in [4.78, 5) is 40.6. The summed E-state index contributed by atoms with van der Waals surface area (Å²) in [5.41, 5.74) is -0.585. The fourth-order valence-corrected chi connectivity index (χ4v) is 5.05. The Morgan fingerprint density at radius 1 is 0.919 bits per heavy atom. The Hall–Kier alpha value is -3.50. The number of rotatable bonds is 4. The lowest BCUT2D eigenvalue weighted by molar-refractivity contribution is -0.175. The van der Waals surface area contributed by atoms with Crippen LogP contribution >= 0.6 is 0 Å². The third kappa shape index (κ3) is 5.45. The van der Waals surface area contributed by atoms with Gasteiger partial charge < -0.3 is 15.1 Å². The van der Waals surface area contributed by atoms with Crippen LogP contribution in [0.15, 0.2) is 42.5 Å². The number of piperidine rings is 1. The van der Waals surface area contributed by atoms with Crippen LogP contribution in [-0.4, -0.2) is 59.9 Å². The van der Waals surface area contributed by atoms with E-state index in [0.717, 1.165) is 6.07 Å². The minimum atomic E-state index is -5.14. The SMILES string of the molecule is Cc1ccc(F)c(C(=O)N2CCC3(CC2)CCN(C(=O)[C@@H](NC(=O)C(F)(F)F)c2ccccc2)C3)c1F. The van der Waals surface area contributed by atoms with Crippen molar-refractivity contribution in [2.24, 2.45) is 5.41 Å². The highest BCUT2D eigenvalue weighted by Crippen LogP contribution is 2.41. The van der Waals surface area contributed by atoms with Gasteiger partial charge in [0.15, 0.2) is 0 Å². The molecule has 6 nitrogen and oxygen atoms in total. The van der Waals surface area contributed by atoms with Gasteiger partial charge in [0.2, 0.25) is 5.91 Å². The molecule has 1 atom stereocenters. The van der Waals surface area contributed by atoms with E-state index < -0.39 is 47.1 Å². The van der Waals surface area contributed by atoms with E-state index in [0.29, 0.717) is 19.3 Å². The van der Waals surface area contributed by atoms with Crippen molar-refractivity contribution in [1.82, 2.24) is 15.1 Å². The molecule has 2 saturated heterocycles. The monoisotopic (exact) mass is 523 g/mol. The first-order chi connectivity index (χ1) is 17.4. The summed E-state index contributed by atoms with van der Waals surface area (Å²) in [6.45, 7) is 2.41. The van der Waals surface area contributed by atoms with Crippen molar-refractivity contribution in [2.75, 3.05) is 26.2 Å². The highest BCUT2D eigenvalue weighted by atomic mass is 19.4. The lowest BCUT2D eigenvalue weighted by Crippen LogP contribution is -2.48. The Balaban J connectivity index is 1.45. The van der Waals surface area contributed by atoms with Gasteiger partial charge in [-0.25, -0.2) is 8.78 Å². The summed E-state index contributed by atoms with van der Waals surface area (Å²) in [5.74, 6) is -5.41. The number of amides is 3. The third-order valence-corrected chi connectivity index (χ3v) is 7.27. The van der Waals surface area contributed by atoms with Gasteiger partial charge in [-0.3, -0.25) is 14.4 Å². The number of alkyl halides is 3. The van der Waals surface area contributed by atoms with E-state index in [1.165, 1.54) is 34.9 Å². The molecule has 1 spiro atoms. The molecular weight excluding hydrogens is 497 g/mol. The number of benzene rings is 2. The van der Waals surface area contributed by atoms with Crippen LogP contribution in [-0.2, 0) is 9.59 Å². The second-order valence-electron chi connectivity index (χ2n) is 9.67. The molecule has 4 rings (SSSR count). The van der Waals surface area contributed by atoms with E-state index in [-0.39, 0.29) is 42.7 Å².